The molecule has 126 valence electrons. The monoisotopic (exact) mass is 318 g/mol. The lowest BCUT2D eigenvalue weighted by molar-refractivity contribution is 0.0950. The van der Waals surface area contributed by atoms with Crippen molar-refractivity contribution in [3.63, 3.8) is 0 Å². The lowest BCUT2D eigenvalue weighted by Gasteiger charge is -2.17. The summed E-state index contributed by atoms with van der Waals surface area (Å²) in [5, 5.41) is 2.90. The summed E-state index contributed by atoms with van der Waals surface area (Å²) < 4.78 is 11.4. The Kier molecular flexibility index (Phi) is 5.06. The van der Waals surface area contributed by atoms with Gasteiger partial charge in [0.25, 0.3) is 5.91 Å². The largest absolute Gasteiger partial charge is 0.493 e. The molecule has 0 heterocycles. The molecule has 1 amide bonds. The molecular weight excluding hydrogens is 292 g/mol. The highest BCUT2D eigenvalue weighted by molar-refractivity contribution is 5.94. The molecule has 1 atom stereocenters. The summed E-state index contributed by atoms with van der Waals surface area (Å²) >= 11 is 0. The van der Waals surface area contributed by atoms with Crippen LogP contribution in [0.4, 0.5) is 0 Å². The lowest BCUT2D eigenvalue weighted by atomic mass is 10.1. The highest BCUT2D eigenvalue weighted by atomic mass is 16.5. The fourth-order valence-corrected chi connectivity index (χ4v) is 3.10. The van der Waals surface area contributed by atoms with Crippen LogP contribution in [-0.2, 0) is 0 Å². The number of ether oxygens (including phenoxy) is 2. The molecule has 1 unspecified atom stereocenters. The van der Waals surface area contributed by atoms with Crippen LogP contribution in [0.15, 0.2) is 18.2 Å². The van der Waals surface area contributed by atoms with Gasteiger partial charge in [-0.3, -0.25) is 4.79 Å². The first kappa shape index (κ1) is 16.1. The van der Waals surface area contributed by atoms with Crippen LogP contribution in [0.5, 0.6) is 11.5 Å². The van der Waals surface area contributed by atoms with Crippen molar-refractivity contribution < 1.29 is 14.3 Å². The number of methoxy groups -OCH3 is 1. The molecule has 2 fully saturated rings. The summed E-state index contributed by atoms with van der Waals surface area (Å²) in [7, 11) is 1.60. The topological polar surface area (TPSA) is 73.6 Å². The van der Waals surface area contributed by atoms with Crippen LogP contribution in [0.25, 0.3) is 0 Å². The van der Waals surface area contributed by atoms with Crippen molar-refractivity contribution in [3.8, 4) is 11.5 Å². The Bertz CT molecular complexity index is 551. The maximum Gasteiger partial charge on any atom is 0.251 e. The number of benzene rings is 1. The average Bonchev–Trinajstić information content (AvgIpc) is 3.30. The van der Waals surface area contributed by atoms with E-state index in [0.29, 0.717) is 29.5 Å². The summed E-state index contributed by atoms with van der Waals surface area (Å²) in [6.45, 7) is 0.520. The molecule has 0 aliphatic heterocycles. The third-order valence-corrected chi connectivity index (χ3v) is 4.75. The third-order valence-electron chi connectivity index (χ3n) is 4.75. The zero-order valence-electron chi connectivity index (χ0n) is 13.7. The molecule has 2 aliphatic rings. The molecule has 0 saturated heterocycles. The van der Waals surface area contributed by atoms with Crippen LogP contribution in [0.3, 0.4) is 0 Å². The molecule has 3 rings (SSSR count). The van der Waals surface area contributed by atoms with E-state index in [-0.39, 0.29) is 18.1 Å². The molecular formula is C18H26N2O3. The van der Waals surface area contributed by atoms with Crippen LogP contribution in [0, 0.1) is 5.92 Å². The summed E-state index contributed by atoms with van der Waals surface area (Å²) in [5.74, 6) is 1.78. The molecule has 0 radical (unpaired) electrons. The van der Waals surface area contributed by atoms with Crippen LogP contribution in [-0.4, -0.2) is 31.7 Å². The minimum absolute atomic E-state index is 0.0609. The maximum absolute atomic E-state index is 12.3. The molecule has 5 heteroatoms. The minimum Gasteiger partial charge on any atom is -0.493 e. The van der Waals surface area contributed by atoms with Gasteiger partial charge in [-0.2, -0.15) is 0 Å². The van der Waals surface area contributed by atoms with Gasteiger partial charge in [0.1, 0.15) is 0 Å². The Morgan fingerprint density at radius 2 is 2.00 bits per heavy atom. The second-order valence-corrected chi connectivity index (χ2v) is 6.60. The number of nitrogens with one attached hydrogen (secondary N) is 1. The van der Waals surface area contributed by atoms with Gasteiger partial charge >= 0.3 is 0 Å². The Morgan fingerprint density at radius 3 is 2.65 bits per heavy atom. The molecule has 2 aliphatic carbocycles. The van der Waals surface area contributed by atoms with E-state index in [1.807, 2.05) is 6.07 Å². The molecule has 23 heavy (non-hydrogen) atoms. The van der Waals surface area contributed by atoms with Gasteiger partial charge in [0.15, 0.2) is 11.5 Å². The van der Waals surface area contributed by atoms with Crippen LogP contribution in [0.2, 0.25) is 0 Å². The second kappa shape index (κ2) is 7.21. The van der Waals surface area contributed by atoms with E-state index in [0.717, 1.165) is 12.8 Å². The molecule has 1 aromatic carbocycles. The van der Waals surface area contributed by atoms with Crippen molar-refractivity contribution >= 4 is 5.91 Å². The van der Waals surface area contributed by atoms with E-state index in [9.17, 15) is 4.79 Å². The van der Waals surface area contributed by atoms with Gasteiger partial charge in [-0.05, 0) is 62.6 Å². The van der Waals surface area contributed by atoms with Gasteiger partial charge in [-0.15, -0.1) is 0 Å². The van der Waals surface area contributed by atoms with Gasteiger partial charge in [-0.1, -0.05) is 0 Å². The fourth-order valence-electron chi connectivity index (χ4n) is 3.10. The average molecular weight is 318 g/mol. The number of hydrogen-bond acceptors (Lipinski definition) is 4. The number of hydrogen-bond donors (Lipinski definition) is 2. The first-order chi connectivity index (χ1) is 11.2. The summed E-state index contributed by atoms with van der Waals surface area (Å²) in [4.78, 5) is 12.3. The van der Waals surface area contributed by atoms with Gasteiger partial charge in [0, 0.05) is 18.2 Å². The standard InChI is InChI=1S/C18H26N2O3/c1-22-17-10-13(18(21)20-11-15(19)12-6-7-12)8-9-16(17)23-14-4-2-3-5-14/h8-10,12,14-15H,2-7,11,19H2,1H3,(H,20,21). The van der Waals surface area contributed by atoms with Gasteiger partial charge in [-0.25, -0.2) is 0 Å². The first-order valence-electron chi connectivity index (χ1n) is 8.56. The SMILES string of the molecule is COc1cc(C(=O)NCC(N)C2CC2)ccc1OC1CCCC1. The van der Waals surface area contributed by atoms with Crippen molar-refractivity contribution in [2.75, 3.05) is 13.7 Å². The molecule has 1 aromatic rings. The summed E-state index contributed by atoms with van der Waals surface area (Å²) in [6, 6.07) is 5.41. The Balaban J connectivity index is 1.61. The Morgan fingerprint density at radius 1 is 1.26 bits per heavy atom. The Hall–Kier alpha value is -1.75. The normalized spacial score (nSPS) is 19.4. The molecule has 5 nitrogen and oxygen atoms in total. The number of rotatable bonds is 7. The molecule has 0 bridgehead atoms. The fraction of sp³-hybridized carbons (Fsp3) is 0.611. The highest BCUT2D eigenvalue weighted by Crippen LogP contribution is 2.33. The van der Waals surface area contributed by atoms with E-state index in [4.69, 9.17) is 15.2 Å². The molecule has 0 aromatic heterocycles. The van der Waals surface area contributed by atoms with Crippen LogP contribution >= 0.6 is 0 Å². The number of carbonyl (C=O) groups is 1. The number of carbonyl (C=O) groups excluding carboxylic acids is 1. The quantitative estimate of drug-likeness (QED) is 0.810. The first-order valence-corrected chi connectivity index (χ1v) is 8.56. The second-order valence-electron chi connectivity index (χ2n) is 6.60. The van der Waals surface area contributed by atoms with Gasteiger partial charge < -0.3 is 20.5 Å². The third kappa shape index (κ3) is 4.16. The zero-order valence-corrected chi connectivity index (χ0v) is 13.7. The molecule has 3 N–H and O–H groups in total. The highest BCUT2D eigenvalue weighted by Gasteiger charge is 2.28. The number of nitrogens with two attached hydrogens (primary N) is 1. The predicted octanol–water partition coefficient (Wildman–Crippen LogP) is 2.48. The van der Waals surface area contributed by atoms with E-state index < -0.39 is 0 Å². The maximum atomic E-state index is 12.3. The summed E-state index contributed by atoms with van der Waals surface area (Å²) in [6.07, 6.45) is 7.23. The van der Waals surface area contributed by atoms with Crippen molar-refractivity contribution in [1.29, 1.82) is 0 Å². The van der Waals surface area contributed by atoms with E-state index in [1.54, 1.807) is 19.2 Å². The molecule has 2 saturated carbocycles. The van der Waals surface area contributed by atoms with E-state index in [2.05, 4.69) is 5.32 Å². The number of amides is 1. The predicted molar refractivity (Wildman–Crippen MR) is 88.9 cm³/mol. The van der Waals surface area contributed by atoms with Crippen LogP contribution < -0.4 is 20.5 Å². The zero-order chi connectivity index (χ0) is 16.2. The van der Waals surface area contributed by atoms with Gasteiger partial charge in [0.2, 0.25) is 0 Å². The summed E-state index contributed by atoms with van der Waals surface area (Å²) in [5.41, 5.74) is 6.59. The van der Waals surface area contributed by atoms with Crippen LogP contribution in [0.1, 0.15) is 48.9 Å². The smallest absolute Gasteiger partial charge is 0.251 e. The van der Waals surface area contributed by atoms with E-state index >= 15 is 0 Å². The lowest BCUT2D eigenvalue weighted by Crippen LogP contribution is -2.38. The van der Waals surface area contributed by atoms with Crippen molar-refractivity contribution in [2.45, 2.75) is 50.7 Å². The molecule has 0 spiro atoms. The van der Waals surface area contributed by atoms with Crippen molar-refractivity contribution in [1.82, 2.24) is 5.32 Å². The van der Waals surface area contributed by atoms with E-state index in [1.165, 1.54) is 25.7 Å². The Labute approximate surface area is 137 Å². The van der Waals surface area contributed by atoms with Gasteiger partial charge in [0.05, 0.1) is 13.2 Å². The van der Waals surface area contributed by atoms with Crippen molar-refractivity contribution in [2.24, 2.45) is 11.7 Å². The minimum atomic E-state index is -0.119. The van der Waals surface area contributed by atoms with Crippen molar-refractivity contribution in [3.05, 3.63) is 23.8 Å².